The lowest BCUT2D eigenvalue weighted by molar-refractivity contribution is 0.0497. The lowest BCUT2D eigenvalue weighted by Crippen LogP contribution is -2.24. The van der Waals surface area contributed by atoms with Crippen molar-refractivity contribution < 1.29 is 17.9 Å². The van der Waals surface area contributed by atoms with Crippen LogP contribution in [0.5, 0.6) is 0 Å². The summed E-state index contributed by atoms with van der Waals surface area (Å²) in [5, 5.41) is 3.49. The molecule has 2 atom stereocenters. The Bertz CT molecular complexity index is 982. The number of Topliss-reactive ketones (excluding diaryl/α,β-unsaturated/α-hetero) is 1. The van der Waals surface area contributed by atoms with Crippen LogP contribution in [0.15, 0.2) is 47.4 Å². The number of hydrogen-bond acceptors (Lipinski definition) is 5. The van der Waals surface area contributed by atoms with Gasteiger partial charge < -0.3 is 10.1 Å². The largest absolute Gasteiger partial charge is 0.378 e. The molecule has 0 spiro atoms. The molecule has 2 aromatic carbocycles. The molecule has 1 heterocycles. The van der Waals surface area contributed by atoms with Crippen LogP contribution < -0.4 is 5.32 Å². The Balaban J connectivity index is 1.97. The summed E-state index contributed by atoms with van der Waals surface area (Å²) in [5.41, 5.74) is 3.45. The fourth-order valence-corrected chi connectivity index (χ4v) is 4.23. The Morgan fingerprint density at radius 1 is 1.21 bits per heavy atom. The number of ether oxygens (including phenoxy) is 1. The van der Waals surface area contributed by atoms with Gasteiger partial charge >= 0.3 is 0 Å². The first-order chi connectivity index (χ1) is 13.2. The molecule has 3 rings (SSSR count). The molecule has 0 aliphatic carbocycles. The van der Waals surface area contributed by atoms with Crippen molar-refractivity contribution in [1.82, 2.24) is 0 Å². The number of nitrogens with one attached hydrogen (secondary N) is 1. The van der Waals surface area contributed by atoms with Crippen LogP contribution in [0.4, 0.5) is 5.69 Å². The molecule has 0 aromatic heterocycles. The van der Waals surface area contributed by atoms with Crippen LogP contribution in [-0.2, 0) is 14.6 Å². The van der Waals surface area contributed by atoms with E-state index in [1.54, 1.807) is 18.2 Å². The van der Waals surface area contributed by atoms with Crippen LogP contribution in [0.25, 0.3) is 0 Å². The molecule has 1 aliphatic heterocycles. The number of hydrogen-bond donors (Lipinski definition) is 1. The summed E-state index contributed by atoms with van der Waals surface area (Å²) in [5.74, 6) is 0.0677. The maximum Gasteiger partial charge on any atom is 0.175 e. The highest BCUT2D eigenvalue weighted by Crippen LogP contribution is 2.41. The number of carbonyl (C=O) groups excluding carboxylic acids is 1. The van der Waals surface area contributed by atoms with Gasteiger partial charge in [0, 0.05) is 42.0 Å². The molecule has 6 heteroatoms. The zero-order valence-corrected chi connectivity index (χ0v) is 17.5. The van der Waals surface area contributed by atoms with Gasteiger partial charge in [-0.15, -0.1) is 0 Å². The summed E-state index contributed by atoms with van der Waals surface area (Å²) >= 11 is 0. The highest BCUT2D eigenvalue weighted by atomic mass is 32.2. The van der Waals surface area contributed by atoms with Crippen molar-refractivity contribution in [1.29, 1.82) is 0 Å². The number of rotatable bonds is 6. The van der Waals surface area contributed by atoms with Crippen LogP contribution in [0.3, 0.4) is 0 Å². The lowest BCUT2D eigenvalue weighted by atomic mass is 9.89. The van der Waals surface area contributed by atoms with Crippen LogP contribution in [0, 0.1) is 5.92 Å². The fourth-order valence-electron chi connectivity index (χ4n) is 3.58. The first kappa shape index (κ1) is 20.6. The van der Waals surface area contributed by atoms with Gasteiger partial charge in [-0.3, -0.25) is 4.79 Å². The monoisotopic (exact) mass is 401 g/mol. The second-order valence-corrected chi connectivity index (χ2v) is 9.56. The minimum atomic E-state index is -3.28. The van der Waals surface area contributed by atoms with Crippen molar-refractivity contribution >= 4 is 21.3 Å². The number of fused-ring (bicyclic) bond motifs is 1. The molecule has 1 N–H and O–H groups in total. The third-order valence-electron chi connectivity index (χ3n) is 5.04. The van der Waals surface area contributed by atoms with Gasteiger partial charge in [-0.2, -0.15) is 0 Å². The molecule has 150 valence electrons. The van der Waals surface area contributed by atoms with E-state index in [1.807, 2.05) is 45.0 Å². The topological polar surface area (TPSA) is 72.5 Å². The number of ketones is 1. The van der Waals surface area contributed by atoms with E-state index in [2.05, 4.69) is 5.32 Å². The van der Waals surface area contributed by atoms with E-state index < -0.39 is 9.84 Å². The molecule has 2 unspecified atom stereocenters. The molecule has 0 amide bonds. The number of carbonyl (C=O) groups is 1. The molecule has 1 aliphatic rings. The highest BCUT2D eigenvalue weighted by Gasteiger charge is 2.29. The normalized spacial score (nSPS) is 19.2. The van der Waals surface area contributed by atoms with E-state index in [-0.39, 0.29) is 23.8 Å². The van der Waals surface area contributed by atoms with Crippen LogP contribution >= 0.6 is 0 Å². The minimum Gasteiger partial charge on any atom is -0.378 e. The van der Waals surface area contributed by atoms with Crippen molar-refractivity contribution in [3.63, 3.8) is 0 Å². The van der Waals surface area contributed by atoms with Gasteiger partial charge in [0.1, 0.15) is 0 Å². The number of benzene rings is 2. The van der Waals surface area contributed by atoms with Crippen molar-refractivity contribution in [2.45, 2.75) is 44.2 Å². The summed E-state index contributed by atoms with van der Waals surface area (Å²) in [6.45, 7) is 6.26. The molecule has 0 bridgehead atoms. The van der Waals surface area contributed by atoms with Gasteiger partial charge in [-0.1, -0.05) is 32.0 Å². The predicted octanol–water partition coefficient (Wildman–Crippen LogP) is 4.56. The summed E-state index contributed by atoms with van der Waals surface area (Å²) in [4.78, 5) is 12.7. The first-order valence-corrected chi connectivity index (χ1v) is 11.5. The average molecular weight is 402 g/mol. The zero-order valence-electron chi connectivity index (χ0n) is 16.7. The Kier molecular flexibility index (Phi) is 5.91. The molecule has 0 saturated heterocycles. The second-order valence-electron chi connectivity index (χ2n) is 7.54. The van der Waals surface area contributed by atoms with Crippen molar-refractivity contribution in [3.8, 4) is 0 Å². The molecule has 0 saturated carbocycles. The van der Waals surface area contributed by atoms with Crippen LogP contribution in [-0.4, -0.2) is 27.1 Å². The Morgan fingerprint density at radius 2 is 1.96 bits per heavy atom. The van der Waals surface area contributed by atoms with Crippen molar-refractivity contribution in [2.24, 2.45) is 5.92 Å². The second kappa shape index (κ2) is 8.05. The third kappa shape index (κ3) is 4.28. The van der Waals surface area contributed by atoms with Crippen LogP contribution in [0.1, 0.15) is 60.8 Å². The Hall–Kier alpha value is -2.18. The molecular formula is C22H27NO4S. The molecule has 5 nitrogen and oxygen atoms in total. The predicted molar refractivity (Wildman–Crippen MR) is 111 cm³/mol. The number of anilines is 1. The number of sulfone groups is 1. The van der Waals surface area contributed by atoms with E-state index in [0.29, 0.717) is 23.5 Å². The van der Waals surface area contributed by atoms with E-state index in [1.165, 1.54) is 6.26 Å². The van der Waals surface area contributed by atoms with Gasteiger partial charge in [0.25, 0.3) is 0 Å². The standard InChI is InChI=1S/C22H27NO4S/c1-5-27-21-13-20(15-7-6-8-16(11-15)22(24)14(2)3)23-19-10-9-17(12-18(19)21)28(4,25)26/h6-12,14,20-21,23H,5,13H2,1-4H3. The zero-order chi connectivity index (χ0) is 20.5. The fraction of sp³-hybridized carbons (Fsp3) is 0.409. The SMILES string of the molecule is CCOC1CC(c2cccc(C(=O)C(C)C)c2)Nc2ccc(S(C)(=O)=O)cc21. The summed E-state index contributed by atoms with van der Waals surface area (Å²) < 4.78 is 29.8. The third-order valence-corrected chi connectivity index (χ3v) is 6.15. The maximum absolute atomic E-state index is 12.4. The molecular weight excluding hydrogens is 374 g/mol. The lowest BCUT2D eigenvalue weighted by Gasteiger charge is -2.33. The van der Waals surface area contributed by atoms with Gasteiger partial charge in [0.15, 0.2) is 15.6 Å². The first-order valence-electron chi connectivity index (χ1n) is 9.57. The van der Waals surface area contributed by atoms with Gasteiger partial charge in [-0.25, -0.2) is 8.42 Å². The van der Waals surface area contributed by atoms with Crippen molar-refractivity contribution in [2.75, 3.05) is 18.2 Å². The van der Waals surface area contributed by atoms with Gasteiger partial charge in [0.05, 0.1) is 17.0 Å². The Labute approximate surface area is 167 Å². The average Bonchev–Trinajstić information content (AvgIpc) is 2.66. The quantitative estimate of drug-likeness (QED) is 0.718. The van der Waals surface area contributed by atoms with E-state index in [0.717, 1.165) is 16.8 Å². The van der Waals surface area contributed by atoms with E-state index in [4.69, 9.17) is 4.74 Å². The summed E-state index contributed by atoms with van der Waals surface area (Å²) in [7, 11) is -3.28. The van der Waals surface area contributed by atoms with Crippen LogP contribution in [0.2, 0.25) is 0 Å². The molecule has 0 radical (unpaired) electrons. The Morgan fingerprint density at radius 3 is 2.61 bits per heavy atom. The maximum atomic E-state index is 12.4. The van der Waals surface area contributed by atoms with Gasteiger partial charge in [-0.05, 0) is 36.8 Å². The van der Waals surface area contributed by atoms with E-state index >= 15 is 0 Å². The molecule has 2 aromatic rings. The smallest absolute Gasteiger partial charge is 0.175 e. The van der Waals surface area contributed by atoms with Crippen molar-refractivity contribution in [3.05, 3.63) is 59.2 Å². The summed E-state index contributed by atoms with van der Waals surface area (Å²) in [6.07, 6.45) is 1.66. The molecule has 28 heavy (non-hydrogen) atoms. The minimum absolute atomic E-state index is 0.0203. The molecule has 0 fully saturated rings. The highest BCUT2D eigenvalue weighted by molar-refractivity contribution is 7.90. The van der Waals surface area contributed by atoms with Gasteiger partial charge in [0.2, 0.25) is 0 Å². The van der Waals surface area contributed by atoms with E-state index in [9.17, 15) is 13.2 Å². The summed E-state index contributed by atoms with van der Waals surface area (Å²) in [6, 6.07) is 12.8.